The third-order valence-corrected chi connectivity index (χ3v) is 1.96. The standard InChI is InChI=1S/C10H22NO/c1-6-10(7-9(2)12)8-11(3,4)5/h10H,6-8H2,1-5H3/q+1. The molecular formula is C10H22NO+. The fraction of sp³-hybridized carbons (Fsp3) is 0.900. The molecule has 0 rings (SSSR count). The van der Waals surface area contributed by atoms with Crippen LogP contribution in [0.3, 0.4) is 0 Å². The number of quaternary nitrogens is 1. The van der Waals surface area contributed by atoms with Crippen LogP contribution in [-0.4, -0.2) is 38.0 Å². The first-order valence-electron chi connectivity index (χ1n) is 4.65. The second-order valence-electron chi connectivity index (χ2n) is 4.65. The Labute approximate surface area is 76.2 Å². The maximum Gasteiger partial charge on any atom is 0.130 e. The summed E-state index contributed by atoms with van der Waals surface area (Å²) in [7, 11) is 6.51. The summed E-state index contributed by atoms with van der Waals surface area (Å²) in [5.41, 5.74) is 0. The molecule has 0 heterocycles. The first-order valence-corrected chi connectivity index (χ1v) is 4.65. The monoisotopic (exact) mass is 172 g/mol. The third-order valence-electron chi connectivity index (χ3n) is 1.96. The number of nitrogens with zero attached hydrogens (tertiary/aromatic N) is 1. The number of Topliss-reactive ketones (excluding diaryl/α,β-unsaturated/α-hetero) is 1. The number of carbonyl (C=O) groups excluding carboxylic acids is 1. The average molecular weight is 172 g/mol. The van der Waals surface area contributed by atoms with Crippen LogP contribution in [-0.2, 0) is 4.79 Å². The van der Waals surface area contributed by atoms with Gasteiger partial charge in [0.25, 0.3) is 0 Å². The highest BCUT2D eigenvalue weighted by molar-refractivity contribution is 5.75. The van der Waals surface area contributed by atoms with Gasteiger partial charge in [-0.3, -0.25) is 0 Å². The third kappa shape index (κ3) is 6.35. The molecule has 0 aromatic carbocycles. The lowest BCUT2D eigenvalue weighted by molar-refractivity contribution is -0.873. The Balaban J connectivity index is 3.92. The van der Waals surface area contributed by atoms with Crippen molar-refractivity contribution in [2.24, 2.45) is 5.92 Å². The molecule has 0 aromatic heterocycles. The van der Waals surface area contributed by atoms with Gasteiger partial charge >= 0.3 is 0 Å². The van der Waals surface area contributed by atoms with Gasteiger partial charge in [-0.1, -0.05) is 6.92 Å². The van der Waals surface area contributed by atoms with Gasteiger partial charge in [0.2, 0.25) is 0 Å². The minimum Gasteiger partial charge on any atom is -0.331 e. The molecule has 72 valence electrons. The van der Waals surface area contributed by atoms with Crippen LogP contribution in [0.2, 0.25) is 0 Å². The van der Waals surface area contributed by atoms with Gasteiger partial charge in [0.1, 0.15) is 5.78 Å². The number of hydrogen-bond donors (Lipinski definition) is 0. The Morgan fingerprint density at radius 2 is 1.83 bits per heavy atom. The highest BCUT2D eigenvalue weighted by Crippen LogP contribution is 2.12. The summed E-state index contributed by atoms with van der Waals surface area (Å²) in [4.78, 5) is 10.9. The van der Waals surface area contributed by atoms with Crippen molar-refractivity contribution in [2.75, 3.05) is 27.7 Å². The number of carbonyl (C=O) groups is 1. The van der Waals surface area contributed by atoms with Gasteiger partial charge in [-0.05, 0) is 13.3 Å². The van der Waals surface area contributed by atoms with Gasteiger partial charge in [-0.15, -0.1) is 0 Å². The predicted molar refractivity (Wildman–Crippen MR) is 52.0 cm³/mol. The largest absolute Gasteiger partial charge is 0.331 e. The zero-order valence-corrected chi connectivity index (χ0v) is 9.05. The van der Waals surface area contributed by atoms with Crippen molar-refractivity contribution < 1.29 is 9.28 Å². The zero-order chi connectivity index (χ0) is 9.78. The Morgan fingerprint density at radius 3 is 2.08 bits per heavy atom. The minimum atomic E-state index is 0.315. The van der Waals surface area contributed by atoms with Gasteiger partial charge in [-0.2, -0.15) is 0 Å². The van der Waals surface area contributed by atoms with Crippen LogP contribution in [0.15, 0.2) is 0 Å². The first-order chi connectivity index (χ1) is 5.35. The smallest absolute Gasteiger partial charge is 0.130 e. The normalized spacial score (nSPS) is 14.4. The van der Waals surface area contributed by atoms with Crippen LogP contribution < -0.4 is 0 Å². The van der Waals surface area contributed by atoms with E-state index < -0.39 is 0 Å². The van der Waals surface area contributed by atoms with E-state index in [9.17, 15) is 4.79 Å². The molecule has 0 spiro atoms. The molecule has 1 unspecified atom stereocenters. The molecule has 0 aromatic rings. The quantitative estimate of drug-likeness (QED) is 0.577. The van der Waals surface area contributed by atoms with E-state index in [0.717, 1.165) is 23.9 Å². The molecule has 0 N–H and O–H groups in total. The summed E-state index contributed by atoms with van der Waals surface area (Å²) in [5, 5.41) is 0. The number of rotatable bonds is 5. The lowest BCUT2D eigenvalue weighted by atomic mass is 9.99. The lowest BCUT2D eigenvalue weighted by Gasteiger charge is -2.28. The van der Waals surface area contributed by atoms with Crippen molar-refractivity contribution in [1.29, 1.82) is 0 Å². The molecule has 0 amide bonds. The van der Waals surface area contributed by atoms with E-state index in [4.69, 9.17) is 0 Å². The molecule has 0 aliphatic carbocycles. The van der Waals surface area contributed by atoms with Crippen LogP contribution in [0, 0.1) is 5.92 Å². The van der Waals surface area contributed by atoms with Gasteiger partial charge in [0.05, 0.1) is 27.7 Å². The van der Waals surface area contributed by atoms with Crippen LogP contribution in [0.4, 0.5) is 0 Å². The second kappa shape index (κ2) is 4.61. The van der Waals surface area contributed by atoms with E-state index in [0.29, 0.717) is 11.7 Å². The molecule has 0 bridgehead atoms. The Morgan fingerprint density at radius 1 is 1.33 bits per heavy atom. The number of hydrogen-bond acceptors (Lipinski definition) is 1. The summed E-state index contributed by atoms with van der Waals surface area (Å²) in [6.07, 6.45) is 1.85. The van der Waals surface area contributed by atoms with Gasteiger partial charge in [0, 0.05) is 12.3 Å². The molecule has 2 heteroatoms. The summed E-state index contributed by atoms with van der Waals surface area (Å²) in [5.74, 6) is 0.873. The molecule has 12 heavy (non-hydrogen) atoms. The van der Waals surface area contributed by atoms with Crippen molar-refractivity contribution in [2.45, 2.75) is 26.7 Å². The van der Waals surface area contributed by atoms with Crippen molar-refractivity contribution >= 4 is 5.78 Å². The maximum absolute atomic E-state index is 10.9. The summed E-state index contributed by atoms with van der Waals surface area (Å²) in [6, 6.07) is 0. The van der Waals surface area contributed by atoms with E-state index in [1.165, 1.54) is 0 Å². The van der Waals surface area contributed by atoms with Crippen LogP contribution in [0.25, 0.3) is 0 Å². The summed E-state index contributed by atoms with van der Waals surface area (Å²) >= 11 is 0. The summed E-state index contributed by atoms with van der Waals surface area (Å²) < 4.78 is 0.950. The Bertz CT molecular complexity index is 146. The summed E-state index contributed by atoms with van der Waals surface area (Å²) in [6.45, 7) is 4.93. The second-order valence-corrected chi connectivity index (χ2v) is 4.65. The van der Waals surface area contributed by atoms with Crippen LogP contribution >= 0.6 is 0 Å². The van der Waals surface area contributed by atoms with E-state index in [1.54, 1.807) is 6.92 Å². The number of ketones is 1. The van der Waals surface area contributed by atoms with Crippen molar-refractivity contribution in [1.82, 2.24) is 0 Å². The Hall–Kier alpha value is -0.370. The molecule has 1 atom stereocenters. The van der Waals surface area contributed by atoms with E-state index >= 15 is 0 Å². The van der Waals surface area contributed by atoms with Crippen molar-refractivity contribution in [3.63, 3.8) is 0 Å². The topological polar surface area (TPSA) is 17.1 Å². The van der Waals surface area contributed by atoms with Crippen LogP contribution in [0.1, 0.15) is 26.7 Å². The first kappa shape index (κ1) is 11.6. The van der Waals surface area contributed by atoms with E-state index in [-0.39, 0.29) is 0 Å². The van der Waals surface area contributed by atoms with Crippen LogP contribution in [0.5, 0.6) is 0 Å². The van der Waals surface area contributed by atoms with Gasteiger partial charge < -0.3 is 9.28 Å². The van der Waals surface area contributed by atoms with E-state index in [2.05, 4.69) is 28.1 Å². The van der Waals surface area contributed by atoms with Gasteiger partial charge in [-0.25, -0.2) is 0 Å². The van der Waals surface area contributed by atoms with Gasteiger partial charge in [0.15, 0.2) is 0 Å². The molecule has 0 saturated carbocycles. The SMILES string of the molecule is CCC(CC(C)=O)C[N+](C)(C)C. The molecule has 0 aliphatic heterocycles. The lowest BCUT2D eigenvalue weighted by Crippen LogP contribution is -2.39. The maximum atomic E-state index is 10.9. The molecule has 2 nitrogen and oxygen atoms in total. The highest BCUT2D eigenvalue weighted by atomic mass is 16.1. The fourth-order valence-corrected chi connectivity index (χ4v) is 1.52. The molecule has 0 saturated heterocycles. The zero-order valence-electron chi connectivity index (χ0n) is 9.05. The predicted octanol–water partition coefficient (Wildman–Crippen LogP) is 1.70. The molecule has 0 aliphatic rings. The fourth-order valence-electron chi connectivity index (χ4n) is 1.52. The molecular weight excluding hydrogens is 150 g/mol. The van der Waals surface area contributed by atoms with Crippen molar-refractivity contribution in [3.8, 4) is 0 Å². The average Bonchev–Trinajstić information content (AvgIpc) is 1.82. The Kier molecular flexibility index (Phi) is 4.46. The van der Waals surface area contributed by atoms with Crippen molar-refractivity contribution in [3.05, 3.63) is 0 Å². The van der Waals surface area contributed by atoms with E-state index in [1.807, 2.05) is 0 Å². The molecule has 0 radical (unpaired) electrons. The highest BCUT2D eigenvalue weighted by Gasteiger charge is 2.17. The molecule has 0 fully saturated rings. The minimum absolute atomic E-state index is 0.315.